The molecule has 148 valence electrons. The predicted octanol–water partition coefficient (Wildman–Crippen LogP) is 0.341. The molecule has 0 saturated heterocycles. The first kappa shape index (κ1) is 19.5. The molecule has 0 atom stereocenters. The van der Waals surface area contributed by atoms with Crippen molar-refractivity contribution in [3.05, 3.63) is 12.7 Å². The monoisotopic (exact) mass is 376 g/mol. The Hall–Kier alpha value is -2.26. The number of amides is 1. The Balaban J connectivity index is 1.71. The first-order valence-electron chi connectivity index (χ1n) is 9.29. The van der Waals surface area contributed by atoms with E-state index in [0.29, 0.717) is 37.3 Å². The molecular weight excluding hydrogens is 348 g/mol. The van der Waals surface area contributed by atoms with Gasteiger partial charge < -0.3 is 25.0 Å². The van der Waals surface area contributed by atoms with E-state index in [2.05, 4.69) is 20.3 Å². The Morgan fingerprint density at radius 2 is 2.04 bits per heavy atom. The summed E-state index contributed by atoms with van der Waals surface area (Å²) < 4.78 is 2.00. The molecule has 0 spiro atoms. The quantitative estimate of drug-likeness (QED) is 0.608. The number of hydrogen-bond acceptors (Lipinski definition) is 7. The summed E-state index contributed by atoms with van der Waals surface area (Å²) in [4.78, 5) is 26.9. The van der Waals surface area contributed by atoms with Crippen LogP contribution in [0.3, 0.4) is 0 Å². The second-order valence-electron chi connectivity index (χ2n) is 7.77. The highest BCUT2D eigenvalue weighted by molar-refractivity contribution is 5.83. The number of hydrogen-bond donors (Lipinski definition) is 3. The molecule has 1 amide bonds. The summed E-state index contributed by atoms with van der Waals surface area (Å²) in [5.74, 6) is 0.707. The van der Waals surface area contributed by atoms with E-state index in [1.54, 1.807) is 6.33 Å². The average molecular weight is 376 g/mol. The molecule has 2 aromatic heterocycles. The number of nitrogens with one attached hydrogen (secondary N) is 1. The maximum atomic E-state index is 11.7. The topological polar surface area (TPSA) is 116 Å². The molecule has 3 N–H and O–H groups in total. The molecule has 9 nitrogen and oxygen atoms in total. The van der Waals surface area contributed by atoms with E-state index in [1.165, 1.54) is 6.33 Å². The minimum Gasteiger partial charge on any atom is -0.396 e. The van der Waals surface area contributed by atoms with Crippen LogP contribution in [0.25, 0.3) is 11.2 Å². The third-order valence-corrected chi connectivity index (χ3v) is 5.37. The summed E-state index contributed by atoms with van der Waals surface area (Å²) in [7, 11) is 1.91. The molecule has 1 aliphatic carbocycles. The van der Waals surface area contributed by atoms with E-state index in [1.807, 2.05) is 30.4 Å². The number of imidazole rings is 1. The molecule has 27 heavy (non-hydrogen) atoms. The van der Waals surface area contributed by atoms with Crippen molar-refractivity contribution in [2.24, 2.45) is 11.3 Å². The van der Waals surface area contributed by atoms with E-state index in [-0.39, 0.29) is 31.1 Å². The van der Waals surface area contributed by atoms with Gasteiger partial charge in [0, 0.05) is 37.5 Å². The maximum absolute atomic E-state index is 11.7. The second-order valence-corrected chi connectivity index (χ2v) is 7.77. The lowest BCUT2D eigenvalue weighted by Gasteiger charge is -2.45. The molecule has 1 saturated carbocycles. The van der Waals surface area contributed by atoms with Gasteiger partial charge in [0.25, 0.3) is 0 Å². The van der Waals surface area contributed by atoms with Gasteiger partial charge in [-0.2, -0.15) is 0 Å². The van der Waals surface area contributed by atoms with Gasteiger partial charge in [-0.1, -0.05) is 13.8 Å². The van der Waals surface area contributed by atoms with Crippen LogP contribution in [-0.4, -0.2) is 69.0 Å². The van der Waals surface area contributed by atoms with E-state index in [0.717, 1.165) is 5.65 Å². The van der Waals surface area contributed by atoms with E-state index < -0.39 is 5.41 Å². The van der Waals surface area contributed by atoms with Crippen molar-refractivity contribution in [3.8, 4) is 0 Å². The Morgan fingerprint density at radius 1 is 1.33 bits per heavy atom. The molecule has 9 heteroatoms. The van der Waals surface area contributed by atoms with Crippen molar-refractivity contribution in [1.82, 2.24) is 24.8 Å². The van der Waals surface area contributed by atoms with Crippen molar-refractivity contribution in [2.45, 2.75) is 32.7 Å². The molecule has 0 radical (unpaired) electrons. The van der Waals surface area contributed by atoms with E-state index in [9.17, 15) is 15.0 Å². The van der Waals surface area contributed by atoms with Gasteiger partial charge in [-0.15, -0.1) is 0 Å². The van der Waals surface area contributed by atoms with Crippen LogP contribution in [0, 0.1) is 11.3 Å². The molecule has 0 aliphatic heterocycles. The van der Waals surface area contributed by atoms with Gasteiger partial charge in [-0.05, 0) is 12.8 Å². The predicted molar refractivity (Wildman–Crippen MR) is 101 cm³/mol. The molecule has 1 aliphatic rings. The highest BCUT2D eigenvalue weighted by Gasteiger charge is 2.44. The molecule has 1 fully saturated rings. The van der Waals surface area contributed by atoms with Crippen LogP contribution in [0.5, 0.6) is 0 Å². The minimum atomic E-state index is -0.400. The number of rotatable bonds is 8. The average Bonchev–Trinajstić information content (AvgIpc) is 3.05. The standard InChI is InChI=1S/C18H28N6O3/c1-12(2)17(27)19-4-5-23(3)15-14-16(21-10-20-15)24(11-22-14)13-6-18(7-13,8-25)9-26/h10-13,25-26H,4-9H2,1-3H3,(H,19,27). The van der Waals surface area contributed by atoms with Crippen LogP contribution < -0.4 is 10.2 Å². The number of likely N-dealkylation sites (N-methyl/N-ethyl adjacent to an activating group) is 1. The smallest absolute Gasteiger partial charge is 0.222 e. The molecule has 0 bridgehead atoms. The summed E-state index contributed by atoms with van der Waals surface area (Å²) in [5.41, 5.74) is 1.05. The largest absolute Gasteiger partial charge is 0.396 e. The van der Waals surface area contributed by atoms with Gasteiger partial charge >= 0.3 is 0 Å². The summed E-state index contributed by atoms with van der Waals surface area (Å²) in [6.45, 7) is 4.83. The lowest BCUT2D eigenvalue weighted by Crippen LogP contribution is -2.44. The number of anilines is 1. The number of nitrogens with zero attached hydrogens (tertiary/aromatic N) is 5. The summed E-state index contributed by atoms with van der Waals surface area (Å²) >= 11 is 0. The zero-order chi connectivity index (χ0) is 19.6. The Kier molecular flexibility index (Phi) is 5.61. The molecule has 0 unspecified atom stereocenters. The molecule has 0 aromatic carbocycles. The zero-order valence-electron chi connectivity index (χ0n) is 16.1. The van der Waals surface area contributed by atoms with Gasteiger partial charge in [0.05, 0.1) is 19.5 Å². The zero-order valence-corrected chi connectivity index (χ0v) is 16.1. The number of carbonyl (C=O) groups is 1. The van der Waals surface area contributed by atoms with E-state index in [4.69, 9.17) is 0 Å². The van der Waals surface area contributed by atoms with Gasteiger partial charge in [0.2, 0.25) is 5.91 Å². The van der Waals surface area contributed by atoms with Crippen molar-refractivity contribution >= 4 is 22.9 Å². The SMILES string of the molecule is CC(C)C(=O)NCCN(C)c1ncnc2c1ncn2C1CC(CO)(CO)C1. The summed E-state index contributed by atoms with van der Waals surface area (Å²) in [6, 6.07) is 0.160. The fourth-order valence-electron chi connectivity index (χ4n) is 3.49. The summed E-state index contributed by atoms with van der Waals surface area (Å²) in [6.07, 6.45) is 4.66. The molecule has 3 rings (SSSR count). The highest BCUT2D eigenvalue weighted by atomic mass is 16.3. The third kappa shape index (κ3) is 3.74. The normalized spacial score (nSPS) is 16.5. The lowest BCUT2D eigenvalue weighted by atomic mass is 9.66. The number of aliphatic hydroxyl groups is 2. The number of aromatic nitrogens is 4. The Labute approximate surface area is 158 Å². The van der Waals surface area contributed by atoms with Crippen LogP contribution in [0.1, 0.15) is 32.7 Å². The first-order valence-corrected chi connectivity index (χ1v) is 9.29. The number of carbonyl (C=O) groups excluding carboxylic acids is 1. The van der Waals surface area contributed by atoms with Gasteiger partial charge in [-0.25, -0.2) is 15.0 Å². The lowest BCUT2D eigenvalue weighted by molar-refractivity contribution is -0.123. The Bertz CT molecular complexity index is 793. The number of aliphatic hydroxyl groups excluding tert-OH is 2. The molecule has 2 aromatic rings. The fraction of sp³-hybridized carbons (Fsp3) is 0.667. The first-order chi connectivity index (χ1) is 12.9. The summed E-state index contributed by atoms with van der Waals surface area (Å²) in [5, 5.41) is 21.9. The van der Waals surface area contributed by atoms with E-state index >= 15 is 0 Å². The van der Waals surface area contributed by atoms with Crippen molar-refractivity contribution in [3.63, 3.8) is 0 Å². The molecular formula is C18H28N6O3. The van der Waals surface area contributed by atoms with Gasteiger partial charge in [0.15, 0.2) is 17.0 Å². The second kappa shape index (κ2) is 7.77. The van der Waals surface area contributed by atoms with Crippen LogP contribution >= 0.6 is 0 Å². The van der Waals surface area contributed by atoms with Gasteiger partial charge in [-0.3, -0.25) is 4.79 Å². The van der Waals surface area contributed by atoms with Crippen molar-refractivity contribution in [2.75, 3.05) is 38.3 Å². The van der Waals surface area contributed by atoms with Crippen LogP contribution in [-0.2, 0) is 4.79 Å². The number of fused-ring (bicyclic) bond motifs is 1. The van der Waals surface area contributed by atoms with Crippen molar-refractivity contribution in [1.29, 1.82) is 0 Å². The van der Waals surface area contributed by atoms with Crippen LogP contribution in [0.4, 0.5) is 5.82 Å². The van der Waals surface area contributed by atoms with Crippen LogP contribution in [0.2, 0.25) is 0 Å². The minimum absolute atomic E-state index is 0.0162. The fourth-order valence-corrected chi connectivity index (χ4v) is 3.49. The van der Waals surface area contributed by atoms with Crippen LogP contribution in [0.15, 0.2) is 12.7 Å². The highest BCUT2D eigenvalue weighted by Crippen LogP contribution is 2.48. The Morgan fingerprint density at radius 3 is 2.67 bits per heavy atom. The maximum Gasteiger partial charge on any atom is 0.222 e. The third-order valence-electron chi connectivity index (χ3n) is 5.37. The molecule has 2 heterocycles. The van der Waals surface area contributed by atoms with Crippen molar-refractivity contribution < 1.29 is 15.0 Å². The van der Waals surface area contributed by atoms with Gasteiger partial charge in [0.1, 0.15) is 6.33 Å².